The Labute approximate surface area is 277 Å². The standard InChI is InChI=1S/C34H43N3O8S2/c1-6-36(7-2)24-14-17-27-30(21-24)45-31-22-25(37(8-3)9-4)15-18-28(31)34(27)29-19-16-26(47(41,42)43)23-32(29)46(39,40)35-20-12-10-11-13-33(38)44-5/h14-19,21-23,35H,6-13,20H2,1-5H3/p+1. The number of unbranched alkanes of at least 4 members (excludes halogenated alkanes) is 2. The first-order chi connectivity index (χ1) is 22.4. The van der Waals surface area contributed by atoms with Gasteiger partial charge in [-0.3, -0.25) is 9.35 Å². The van der Waals surface area contributed by atoms with E-state index in [9.17, 15) is 26.2 Å². The van der Waals surface area contributed by atoms with Gasteiger partial charge in [-0.2, -0.15) is 8.42 Å². The SMILES string of the molecule is CCN(CC)c1ccc2c(-c3ccc(S(=O)(=O)O)cc3S(=O)(=O)NCCCCCC(=O)OC)c3ccc(=[N+](CC)CC)cc-3oc2c1. The van der Waals surface area contributed by atoms with Crippen LogP contribution in [0.3, 0.4) is 0 Å². The first kappa shape index (κ1) is 36.1. The largest absolute Gasteiger partial charge is 0.469 e. The van der Waals surface area contributed by atoms with Crippen molar-refractivity contribution in [2.24, 2.45) is 0 Å². The molecule has 0 saturated heterocycles. The summed E-state index contributed by atoms with van der Waals surface area (Å²) in [4.78, 5) is 12.8. The van der Waals surface area contributed by atoms with Gasteiger partial charge in [0.15, 0.2) is 0 Å². The molecule has 1 aliphatic carbocycles. The number of rotatable bonds is 15. The van der Waals surface area contributed by atoms with E-state index in [0.717, 1.165) is 43.3 Å². The molecule has 0 spiro atoms. The Bertz CT molecular complexity index is 1990. The highest BCUT2D eigenvalue weighted by molar-refractivity contribution is 7.89. The fourth-order valence-electron chi connectivity index (χ4n) is 5.78. The van der Waals surface area contributed by atoms with E-state index in [0.29, 0.717) is 47.1 Å². The lowest BCUT2D eigenvalue weighted by Gasteiger charge is -2.23. The molecule has 0 bridgehead atoms. The van der Waals surface area contributed by atoms with E-state index in [2.05, 4.69) is 46.6 Å². The molecule has 4 rings (SSSR count). The van der Waals surface area contributed by atoms with E-state index in [1.54, 1.807) is 0 Å². The summed E-state index contributed by atoms with van der Waals surface area (Å²) in [5.74, 6) is 0.203. The third kappa shape index (κ3) is 8.21. The van der Waals surface area contributed by atoms with E-state index in [1.165, 1.54) is 19.2 Å². The van der Waals surface area contributed by atoms with E-state index >= 15 is 0 Å². The number of hydrogen-bond donors (Lipinski definition) is 2. The Morgan fingerprint density at radius 3 is 2.23 bits per heavy atom. The maximum absolute atomic E-state index is 13.9. The zero-order valence-electron chi connectivity index (χ0n) is 27.6. The smallest absolute Gasteiger partial charge is 0.305 e. The van der Waals surface area contributed by atoms with Crippen LogP contribution in [0.5, 0.6) is 0 Å². The van der Waals surface area contributed by atoms with Gasteiger partial charge in [0.25, 0.3) is 10.1 Å². The van der Waals surface area contributed by atoms with Crippen LogP contribution in [0.4, 0.5) is 5.69 Å². The van der Waals surface area contributed by atoms with Crippen LogP contribution in [-0.2, 0) is 29.7 Å². The molecule has 13 heteroatoms. The summed E-state index contributed by atoms with van der Waals surface area (Å²) in [6.07, 6.45) is 1.79. The molecule has 1 aliphatic heterocycles. The molecule has 2 aromatic rings. The Morgan fingerprint density at radius 2 is 1.60 bits per heavy atom. The summed E-state index contributed by atoms with van der Waals surface area (Å²) < 4.78 is 78.0. The summed E-state index contributed by atoms with van der Waals surface area (Å²) in [5.41, 5.74) is 2.93. The van der Waals surface area contributed by atoms with Crippen LogP contribution < -0.4 is 19.6 Å². The minimum absolute atomic E-state index is 0.0606. The minimum Gasteiger partial charge on any atom is -0.469 e. The zero-order chi connectivity index (χ0) is 34.4. The molecule has 254 valence electrons. The van der Waals surface area contributed by atoms with E-state index in [4.69, 9.17) is 4.42 Å². The molecule has 2 N–H and O–H groups in total. The van der Waals surface area contributed by atoms with Crippen molar-refractivity contribution in [2.75, 3.05) is 44.7 Å². The summed E-state index contributed by atoms with van der Waals surface area (Å²) in [7, 11) is -7.70. The van der Waals surface area contributed by atoms with Crippen molar-refractivity contribution in [2.45, 2.75) is 63.2 Å². The van der Waals surface area contributed by atoms with Crippen molar-refractivity contribution in [3.8, 4) is 22.5 Å². The Balaban J connectivity index is 1.96. The molecule has 0 fully saturated rings. The molecule has 0 saturated carbocycles. The number of carbonyl (C=O) groups is 1. The molecule has 0 aromatic heterocycles. The number of benzene rings is 3. The van der Waals surface area contributed by atoms with Crippen molar-refractivity contribution in [3.63, 3.8) is 0 Å². The molecule has 0 atom stereocenters. The second-order valence-corrected chi connectivity index (χ2v) is 14.3. The highest BCUT2D eigenvalue weighted by atomic mass is 32.2. The maximum Gasteiger partial charge on any atom is 0.305 e. The average Bonchev–Trinajstić information content (AvgIpc) is 3.05. The van der Waals surface area contributed by atoms with Crippen molar-refractivity contribution < 1.29 is 35.3 Å². The molecule has 2 aromatic carbocycles. The topological polar surface area (TPSA) is 146 Å². The van der Waals surface area contributed by atoms with Gasteiger partial charge in [0, 0.05) is 66.0 Å². The van der Waals surface area contributed by atoms with Gasteiger partial charge in [0.1, 0.15) is 24.4 Å². The van der Waals surface area contributed by atoms with E-state index in [1.807, 2.05) is 36.4 Å². The molecule has 0 unspecified atom stereocenters. The highest BCUT2D eigenvalue weighted by Crippen LogP contribution is 2.43. The van der Waals surface area contributed by atoms with Gasteiger partial charge in [0.05, 0.1) is 23.0 Å². The van der Waals surface area contributed by atoms with Gasteiger partial charge in [-0.1, -0.05) is 12.5 Å². The zero-order valence-corrected chi connectivity index (χ0v) is 29.2. The van der Waals surface area contributed by atoms with Crippen LogP contribution >= 0.6 is 0 Å². The van der Waals surface area contributed by atoms with Crippen molar-refractivity contribution >= 4 is 42.8 Å². The number of nitrogens with one attached hydrogen (secondary N) is 1. The van der Waals surface area contributed by atoms with Crippen LogP contribution in [-0.4, -0.2) is 67.2 Å². The monoisotopic (exact) mass is 686 g/mol. The van der Waals surface area contributed by atoms with Gasteiger partial charge < -0.3 is 14.1 Å². The highest BCUT2D eigenvalue weighted by Gasteiger charge is 2.27. The number of hydrogen-bond acceptors (Lipinski definition) is 8. The van der Waals surface area contributed by atoms with Gasteiger partial charge in [-0.25, -0.2) is 17.7 Å². The molecule has 1 heterocycles. The maximum atomic E-state index is 13.9. The number of fused-ring (bicyclic) bond motifs is 2. The molecule has 0 radical (unpaired) electrons. The van der Waals surface area contributed by atoms with Gasteiger partial charge in [-0.15, -0.1) is 0 Å². The van der Waals surface area contributed by atoms with Crippen LogP contribution in [0, 0.1) is 0 Å². The fraction of sp³-hybridized carbons (Fsp3) is 0.412. The molecule has 47 heavy (non-hydrogen) atoms. The van der Waals surface area contributed by atoms with E-state index in [-0.39, 0.29) is 29.4 Å². The average molecular weight is 687 g/mol. The van der Waals surface area contributed by atoms with Gasteiger partial charge >= 0.3 is 5.97 Å². The number of ether oxygens (including phenoxy) is 1. The normalized spacial score (nSPS) is 12.0. The number of anilines is 1. The fourth-order valence-corrected chi connectivity index (χ4v) is 7.67. The summed E-state index contributed by atoms with van der Waals surface area (Å²) >= 11 is 0. The van der Waals surface area contributed by atoms with Crippen LogP contribution in [0.1, 0.15) is 53.4 Å². The quantitative estimate of drug-likeness (QED) is 0.0572. The predicted molar refractivity (Wildman–Crippen MR) is 184 cm³/mol. The Hall–Kier alpha value is -3.78. The number of carbonyl (C=O) groups excluding carboxylic acids is 1. The third-order valence-corrected chi connectivity index (χ3v) is 10.7. The summed E-state index contributed by atoms with van der Waals surface area (Å²) in [5, 5.41) is 1.59. The lowest BCUT2D eigenvalue weighted by molar-refractivity contribution is -0.140. The lowest BCUT2D eigenvalue weighted by Crippen LogP contribution is -2.29. The Kier molecular flexibility index (Phi) is 11.8. The van der Waals surface area contributed by atoms with Crippen LogP contribution in [0.25, 0.3) is 33.4 Å². The number of esters is 1. The summed E-state index contributed by atoms with van der Waals surface area (Å²) in [6.45, 7) is 11.4. The third-order valence-electron chi connectivity index (χ3n) is 8.33. The molecular weight excluding hydrogens is 643 g/mol. The molecule has 11 nitrogen and oxygen atoms in total. The molecule has 2 aliphatic rings. The lowest BCUT2D eigenvalue weighted by atomic mass is 9.93. The van der Waals surface area contributed by atoms with E-state index < -0.39 is 25.0 Å². The Morgan fingerprint density at radius 1 is 0.894 bits per heavy atom. The number of sulfonamides is 1. The van der Waals surface area contributed by atoms with Crippen molar-refractivity contribution in [1.82, 2.24) is 9.30 Å². The second kappa shape index (κ2) is 15.4. The second-order valence-electron chi connectivity index (χ2n) is 11.1. The predicted octanol–water partition coefficient (Wildman–Crippen LogP) is 5.12. The van der Waals surface area contributed by atoms with Gasteiger partial charge in [-0.05, 0) is 70.9 Å². The molecule has 0 amide bonds. The molecular formula is C34H44N3O8S2+. The van der Waals surface area contributed by atoms with Crippen LogP contribution in [0.15, 0.2) is 68.8 Å². The van der Waals surface area contributed by atoms with Gasteiger partial charge in [0.2, 0.25) is 15.4 Å². The van der Waals surface area contributed by atoms with Crippen molar-refractivity contribution in [1.29, 1.82) is 0 Å². The van der Waals surface area contributed by atoms with Crippen LogP contribution in [0.2, 0.25) is 0 Å². The minimum atomic E-state index is -4.72. The summed E-state index contributed by atoms with van der Waals surface area (Å²) in [6, 6.07) is 15.2. The first-order valence-electron chi connectivity index (χ1n) is 15.9. The number of methoxy groups -OCH3 is 1. The first-order valence-corrected chi connectivity index (χ1v) is 18.8. The number of nitrogens with zero attached hydrogens (tertiary/aromatic N) is 2. The van der Waals surface area contributed by atoms with Crippen molar-refractivity contribution in [3.05, 3.63) is 60.0 Å².